The SMILES string of the molecule is [B]C([B])([B])Oc1cc(-c2ccc(CN[C@H]3C[C@@H](O)[C@@H](N(C)c4ncnc5sc(CC(F)(F)F)cc45)C3)cc2)nnc1OC([B])([B])[B]. The van der Waals surface area contributed by atoms with Gasteiger partial charge in [0.25, 0.3) is 5.88 Å². The van der Waals surface area contributed by atoms with E-state index in [0.29, 0.717) is 46.7 Å². The van der Waals surface area contributed by atoms with Gasteiger partial charge in [0.1, 0.15) is 64.1 Å². The van der Waals surface area contributed by atoms with Crippen LogP contribution in [0.2, 0.25) is 0 Å². The highest BCUT2D eigenvalue weighted by Crippen LogP contribution is 2.36. The van der Waals surface area contributed by atoms with Gasteiger partial charge in [-0.05, 0) is 35.1 Å². The van der Waals surface area contributed by atoms with Crippen molar-refractivity contribution in [3.63, 3.8) is 0 Å². The van der Waals surface area contributed by atoms with Crippen LogP contribution in [0.25, 0.3) is 21.5 Å². The van der Waals surface area contributed by atoms with E-state index in [1.54, 1.807) is 7.05 Å². The molecule has 3 aromatic heterocycles. The molecule has 19 heteroatoms. The average molecular weight is 633 g/mol. The van der Waals surface area contributed by atoms with Gasteiger partial charge in [0.15, 0.2) is 5.75 Å². The number of hydrogen-bond donors (Lipinski definition) is 2. The van der Waals surface area contributed by atoms with Crippen LogP contribution in [0, 0.1) is 0 Å². The van der Waals surface area contributed by atoms with E-state index in [-0.39, 0.29) is 28.6 Å². The maximum absolute atomic E-state index is 13.0. The zero-order valence-electron chi connectivity index (χ0n) is 24.6. The van der Waals surface area contributed by atoms with E-state index in [9.17, 15) is 18.3 Å². The number of anilines is 1. The van der Waals surface area contributed by atoms with E-state index < -0.39 is 29.3 Å². The minimum absolute atomic E-state index is 0.0235. The number of fused-ring (bicyclic) bond motifs is 1. The molecule has 0 amide bonds. The van der Waals surface area contributed by atoms with Gasteiger partial charge in [-0.1, -0.05) is 24.3 Å². The number of likely N-dealkylation sites (N-methyl/N-ethyl adjacent to an activating group) is 1. The number of alkyl halides is 3. The van der Waals surface area contributed by atoms with Crippen LogP contribution in [-0.4, -0.2) is 114 Å². The summed E-state index contributed by atoms with van der Waals surface area (Å²) >= 11 is 0.989. The highest BCUT2D eigenvalue weighted by Gasteiger charge is 2.37. The van der Waals surface area contributed by atoms with E-state index in [1.807, 2.05) is 29.2 Å². The Hall–Kier alpha value is -3.16. The number of nitrogens with zero attached hydrogens (tertiary/aromatic N) is 5. The van der Waals surface area contributed by atoms with Gasteiger partial charge >= 0.3 is 6.18 Å². The average Bonchev–Trinajstić information content (AvgIpc) is 3.52. The number of aromatic nitrogens is 4. The van der Waals surface area contributed by atoms with Crippen molar-refractivity contribution >= 4 is 74.4 Å². The van der Waals surface area contributed by atoms with Crippen molar-refractivity contribution in [2.24, 2.45) is 0 Å². The molecular weight excluding hydrogens is 610 g/mol. The molecule has 2 N–H and O–H groups in total. The summed E-state index contributed by atoms with van der Waals surface area (Å²) in [5.74, 6) is 0.127. The first-order valence-electron chi connectivity index (χ1n) is 14.0. The molecule has 1 aromatic carbocycles. The molecule has 46 heavy (non-hydrogen) atoms. The Morgan fingerprint density at radius 3 is 2.33 bits per heavy atom. The number of benzene rings is 1. The van der Waals surface area contributed by atoms with E-state index in [1.165, 1.54) is 18.5 Å². The molecule has 0 saturated heterocycles. The third-order valence-electron chi connectivity index (χ3n) is 7.19. The molecule has 12 radical (unpaired) electrons. The van der Waals surface area contributed by atoms with Crippen LogP contribution in [0.3, 0.4) is 0 Å². The molecule has 1 aliphatic rings. The second kappa shape index (κ2) is 13.2. The lowest BCUT2D eigenvalue weighted by atomic mass is 9.52. The normalized spacial score (nSPS) is 18.9. The number of halogens is 3. The molecule has 0 aliphatic heterocycles. The lowest BCUT2D eigenvalue weighted by Gasteiger charge is -2.28. The predicted octanol–water partition coefficient (Wildman–Crippen LogP) is 1.36. The van der Waals surface area contributed by atoms with Crippen LogP contribution < -0.4 is 19.7 Å². The Labute approximate surface area is 275 Å². The minimum atomic E-state index is -4.32. The zero-order valence-corrected chi connectivity index (χ0v) is 25.4. The van der Waals surface area contributed by atoms with E-state index in [2.05, 4.69) is 25.5 Å². The summed E-state index contributed by atoms with van der Waals surface area (Å²) in [6.45, 7) is 0.506. The summed E-state index contributed by atoms with van der Waals surface area (Å²) in [7, 11) is 35.0. The summed E-state index contributed by atoms with van der Waals surface area (Å²) in [5, 5.41) is 18.8. The molecule has 1 aliphatic carbocycles. The van der Waals surface area contributed by atoms with Gasteiger partial charge in [-0.2, -0.15) is 13.2 Å². The number of aliphatic hydroxyl groups excluding tert-OH is 1. The minimum Gasteiger partial charge on any atom is -0.511 e. The number of nitrogens with one attached hydrogen (secondary N) is 1. The monoisotopic (exact) mass is 634 g/mol. The summed E-state index contributed by atoms with van der Waals surface area (Å²) in [5.41, 5.74) is 2.00. The second-order valence-electron chi connectivity index (χ2n) is 11.2. The molecular formula is C27H23B6F3N6O3S. The summed E-state index contributed by atoms with van der Waals surface area (Å²) in [6, 6.07) is 10.0. The molecule has 3 atom stereocenters. The highest BCUT2D eigenvalue weighted by atomic mass is 32.1. The van der Waals surface area contributed by atoms with Gasteiger partial charge in [0.05, 0.1) is 29.6 Å². The third kappa shape index (κ3) is 8.80. The Morgan fingerprint density at radius 2 is 1.67 bits per heavy atom. The highest BCUT2D eigenvalue weighted by molar-refractivity contribution is 7.18. The largest absolute Gasteiger partial charge is 0.511 e. The van der Waals surface area contributed by atoms with Crippen LogP contribution in [0.4, 0.5) is 19.0 Å². The fraction of sp³-hybridized carbons (Fsp3) is 0.407. The van der Waals surface area contributed by atoms with Gasteiger partial charge in [-0.3, -0.25) is 0 Å². The number of thiophene rings is 1. The van der Waals surface area contributed by atoms with Crippen molar-refractivity contribution in [3.8, 4) is 22.9 Å². The van der Waals surface area contributed by atoms with Crippen molar-refractivity contribution in [2.75, 3.05) is 11.9 Å². The first-order chi connectivity index (χ1) is 21.4. The topological polar surface area (TPSA) is 106 Å². The van der Waals surface area contributed by atoms with Crippen molar-refractivity contribution in [1.29, 1.82) is 0 Å². The van der Waals surface area contributed by atoms with Crippen LogP contribution in [0.1, 0.15) is 23.3 Å². The number of rotatable bonds is 11. The number of hydrogen-bond acceptors (Lipinski definition) is 10. The first kappa shape index (κ1) is 34.2. The Balaban J connectivity index is 1.23. The van der Waals surface area contributed by atoms with E-state index >= 15 is 0 Å². The van der Waals surface area contributed by atoms with Crippen LogP contribution in [-0.2, 0) is 13.0 Å². The standard InChI is InChI=1S/C27H23B6F3N6O3S/c1-42(22-17-8-16(10-25(34,35)36)46-24(17)39-12-38-22)19-6-15(7-20(19)43)37-11-13-2-4-14(5-3-13)18-9-21(44-26(28,29)30)23(41-40-18)45-27(31,32)33/h2-5,8-9,12,15,19-20,37,43H,6-7,10-11H2,1H3/t15-,19+,20-/m1/s1. The molecule has 5 rings (SSSR count). The fourth-order valence-electron chi connectivity index (χ4n) is 5.25. The second-order valence-corrected chi connectivity index (χ2v) is 12.3. The van der Waals surface area contributed by atoms with E-state index in [0.717, 1.165) is 16.9 Å². The fourth-order valence-corrected chi connectivity index (χ4v) is 6.27. The lowest BCUT2D eigenvalue weighted by Crippen LogP contribution is -2.40. The summed E-state index contributed by atoms with van der Waals surface area (Å²) in [6.07, 6.45) is -3.63. The van der Waals surface area contributed by atoms with E-state index in [4.69, 9.17) is 56.6 Å². The van der Waals surface area contributed by atoms with Crippen LogP contribution in [0.15, 0.2) is 42.7 Å². The molecule has 1 fully saturated rings. The summed E-state index contributed by atoms with van der Waals surface area (Å²) < 4.78 is 49.4. The molecule has 4 aromatic rings. The third-order valence-corrected chi connectivity index (χ3v) is 8.24. The molecule has 0 bridgehead atoms. The maximum Gasteiger partial charge on any atom is 0.393 e. The van der Waals surface area contributed by atoms with Crippen LogP contribution in [0.5, 0.6) is 11.6 Å². The van der Waals surface area contributed by atoms with Gasteiger partial charge in [-0.15, -0.1) is 21.5 Å². The van der Waals surface area contributed by atoms with Crippen molar-refractivity contribution in [1.82, 2.24) is 25.5 Å². The van der Waals surface area contributed by atoms with Gasteiger partial charge in [0.2, 0.25) is 0 Å². The Morgan fingerprint density at radius 1 is 0.978 bits per heavy atom. The van der Waals surface area contributed by atoms with Gasteiger partial charge < -0.3 is 24.8 Å². The molecule has 224 valence electrons. The maximum atomic E-state index is 13.0. The Kier molecular flexibility index (Phi) is 9.77. The number of ether oxygens (including phenoxy) is 2. The van der Waals surface area contributed by atoms with Crippen molar-refractivity contribution in [3.05, 3.63) is 53.2 Å². The zero-order chi connectivity index (χ0) is 33.4. The lowest BCUT2D eigenvalue weighted by molar-refractivity contribution is -0.126. The van der Waals surface area contributed by atoms with Gasteiger partial charge in [-0.25, -0.2) is 9.97 Å². The summed E-state index contributed by atoms with van der Waals surface area (Å²) in [4.78, 5) is 10.9. The quantitative estimate of drug-likeness (QED) is 0.237. The Bertz CT molecular complexity index is 1670. The molecule has 1 saturated carbocycles. The van der Waals surface area contributed by atoms with Crippen molar-refractivity contribution < 1.29 is 27.8 Å². The molecule has 0 spiro atoms. The molecule has 0 unspecified atom stereocenters. The molecule has 3 heterocycles. The predicted molar refractivity (Wildman–Crippen MR) is 174 cm³/mol. The first-order valence-corrected chi connectivity index (χ1v) is 14.8. The van der Waals surface area contributed by atoms with Gasteiger partial charge in [0, 0.05) is 36.1 Å². The smallest absolute Gasteiger partial charge is 0.393 e. The molecule has 9 nitrogen and oxygen atoms in total. The van der Waals surface area contributed by atoms with Crippen molar-refractivity contribution in [2.45, 2.75) is 60.8 Å². The van der Waals surface area contributed by atoms with Crippen LogP contribution >= 0.6 is 11.3 Å². The number of aliphatic hydroxyl groups is 1.